The van der Waals surface area contributed by atoms with Crippen LogP contribution in [0.3, 0.4) is 0 Å². The lowest BCUT2D eigenvalue weighted by molar-refractivity contribution is 0.660. The molecule has 1 atom stereocenters. The van der Waals surface area contributed by atoms with Crippen LogP contribution >= 0.6 is 0 Å². The molecule has 1 heterocycles. The van der Waals surface area contributed by atoms with Crippen molar-refractivity contribution in [2.24, 2.45) is 5.73 Å². The Kier molecular flexibility index (Phi) is 4.10. The maximum atomic E-state index is 5.52. The average molecular weight is 244 g/mol. The van der Waals surface area contributed by atoms with E-state index in [1.165, 1.54) is 0 Å². The van der Waals surface area contributed by atoms with Crippen LogP contribution in [-0.2, 0) is 0 Å². The Morgan fingerprint density at radius 1 is 1.22 bits per heavy atom. The highest BCUT2D eigenvalue weighted by atomic mass is 15.2. The van der Waals surface area contributed by atoms with E-state index in [0.717, 1.165) is 41.7 Å². The SMILES string of the molecule is Cc1nnc(NC(C)CCCN)c2ccccc12. The number of nitrogens with zero attached hydrogens (tertiary/aromatic N) is 2. The Bertz CT molecular complexity index is 524. The summed E-state index contributed by atoms with van der Waals surface area (Å²) in [7, 11) is 0. The molecule has 1 aromatic carbocycles. The van der Waals surface area contributed by atoms with Gasteiger partial charge in [0.15, 0.2) is 5.82 Å². The minimum atomic E-state index is 0.356. The minimum absolute atomic E-state index is 0.356. The van der Waals surface area contributed by atoms with Crippen molar-refractivity contribution in [3.05, 3.63) is 30.0 Å². The lowest BCUT2D eigenvalue weighted by Crippen LogP contribution is -2.18. The summed E-state index contributed by atoms with van der Waals surface area (Å²) in [6.45, 7) is 4.86. The number of nitrogens with two attached hydrogens (primary N) is 1. The second-order valence-corrected chi connectivity index (χ2v) is 4.66. The van der Waals surface area contributed by atoms with Crippen LogP contribution in [0.1, 0.15) is 25.5 Å². The summed E-state index contributed by atoms with van der Waals surface area (Å²) in [5.41, 5.74) is 6.49. The molecule has 2 aromatic rings. The van der Waals surface area contributed by atoms with Crippen molar-refractivity contribution in [1.82, 2.24) is 10.2 Å². The first-order valence-electron chi connectivity index (χ1n) is 6.41. The molecule has 4 heteroatoms. The van der Waals surface area contributed by atoms with Crippen molar-refractivity contribution >= 4 is 16.6 Å². The molecule has 18 heavy (non-hydrogen) atoms. The quantitative estimate of drug-likeness (QED) is 0.848. The van der Waals surface area contributed by atoms with Gasteiger partial charge in [0.2, 0.25) is 0 Å². The number of aryl methyl sites for hydroxylation is 1. The second kappa shape index (κ2) is 5.78. The first-order valence-corrected chi connectivity index (χ1v) is 6.41. The van der Waals surface area contributed by atoms with Crippen molar-refractivity contribution in [1.29, 1.82) is 0 Å². The summed E-state index contributed by atoms with van der Waals surface area (Å²) in [6, 6.07) is 8.57. The zero-order valence-corrected chi connectivity index (χ0v) is 11.0. The van der Waals surface area contributed by atoms with E-state index in [2.05, 4.69) is 34.6 Å². The van der Waals surface area contributed by atoms with Gasteiger partial charge in [-0.1, -0.05) is 24.3 Å². The minimum Gasteiger partial charge on any atom is -0.366 e. The van der Waals surface area contributed by atoms with E-state index in [-0.39, 0.29) is 0 Å². The number of hydrogen-bond acceptors (Lipinski definition) is 4. The summed E-state index contributed by atoms with van der Waals surface area (Å²) in [4.78, 5) is 0. The number of anilines is 1. The molecule has 0 radical (unpaired) electrons. The van der Waals surface area contributed by atoms with E-state index in [0.29, 0.717) is 6.04 Å². The molecular formula is C14H20N4. The Labute approximate surface area is 108 Å². The molecule has 96 valence electrons. The van der Waals surface area contributed by atoms with Crippen LogP contribution in [0.2, 0.25) is 0 Å². The fourth-order valence-electron chi connectivity index (χ4n) is 2.07. The van der Waals surface area contributed by atoms with Crippen molar-refractivity contribution < 1.29 is 0 Å². The molecule has 0 saturated heterocycles. The van der Waals surface area contributed by atoms with Gasteiger partial charge >= 0.3 is 0 Å². The van der Waals surface area contributed by atoms with Gasteiger partial charge in [0.1, 0.15) is 0 Å². The molecular weight excluding hydrogens is 224 g/mol. The molecule has 4 nitrogen and oxygen atoms in total. The number of aromatic nitrogens is 2. The van der Waals surface area contributed by atoms with Crippen molar-refractivity contribution in [2.45, 2.75) is 32.7 Å². The van der Waals surface area contributed by atoms with Gasteiger partial charge in [0.05, 0.1) is 5.69 Å². The molecule has 0 spiro atoms. The number of rotatable bonds is 5. The van der Waals surface area contributed by atoms with Crippen LogP contribution in [0.15, 0.2) is 24.3 Å². The zero-order chi connectivity index (χ0) is 13.0. The largest absolute Gasteiger partial charge is 0.366 e. The van der Waals surface area contributed by atoms with E-state index in [1.807, 2.05) is 19.1 Å². The Morgan fingerprint density at radius 3 is 2.67 bits per heavy atom. The van der Waals surface area contributed by atoms with E-state index in [1.54, 1.807) is 0 Å². The Hall–Kier alpha value is -1.68. The maximum absolute atomic E-state index is 5.52. The standard InChI is InChI=1S/C14H20N4/c1-10(6-5-9-15)16-14-13-8-4-3-7-12(13)11(2)17-18-14/h3-4,7-8,10H,5-6,9,15H2,1-2H3,(H,16,18). The molecule has 3 N–H and O–H groups in total. The van der Waals surface area contributed by atoms with Crippen LogP contribution in [-0.4, -0.2) is 22.8 Å². The summed E-state index contributed by atoms with van der Waals surface area (Å²) < 4.78 is 0. The van der Waals surface area contributed by atoms with Gasteiger partial charge < -0.3 is 11.1 Å². The number of hydrogen-bond donors (Lipinski definition) is 2. The lowest BCUT2D eigenvalue weighted by atomic mass is 10.1. The highest BCUT2D eigenvalue weighted by Gasteiger charge is 2.08. The Balaban J connectivity index is 2.26. The normalized spacial score (nSPS) is 12.6. The van der Waals surface area contributed by atoms with Gasteiger partial charge in [-0.15, -0.1) is 5.10 Å². The van der Waals surface area contributed by atoms with E-state index in [9.17, 15) is 0 Å². The molecule has 1 unspecified atom stereocenters. The molecule has 0 saturated carbocycles. The lowest BCUT2D eigenvalue weighted by Gasteiger charge is -2.15. The molecule has 0 aliphatic carbocycles. The van der Waals surface area contributed by atoms with Gasteiger partial charge in [-0.2, -0.15) is 5.10 Å². The van der Waals surface area contributed by atoms with Gasteiger partial charge in [0.25, 0.3) is 0 Å². The van der Waals surface area contributed by atoms with Crippen LogP contribution in [0, 0.1) is 6.92 Å². The summed E-state index contributed by atoms with van der Waals surface area (Å²) >= 11 is 0. The number of nitrogens with one attached hydrogen (secondary N) is 1. The van der Waals surface area contributed by atoms with Crippen molar-refractivity contribution in [2.75, 3.05) is 11.9 Å². The van der Waals surface area contributed by atoms with E-state index in [4.69, 9.17) is 5.73 Å². The highest BCUT2D eigenvalue weighted by molar-refractivity contribution is 5.92. The molecule has 0 bridgehead atoms. The average Bonchev–Trinajstić information content (AvgIpc) is 2.40. The van der Waals surface area contributed by atoms with Crippen LogP contribution in [0.5, 0.6) is 0 Å². The van der Waals surface area contributed by atoms with E-state index < -0.39 is 0 Å². The topological polar surface area (TPSA) is 63.8 Å². The first-order chi connectivity index (χ1) is 8.72. The molecule has 0 aliphatic heterocycles. The first kappa shape index (κ1) is 12.8. The summed E-state index contributed by atoms with van der Waals surface area (Å²) in [5, 5.41) is 14.2. The van der Waals surface area contributed by atoms with E-state index >= 15 is 0 Å². The zero-order valence-electron chi connectivity index (χ0n) is 11.0. The summed E-state index contributed by atoms with van der Waals surface area (Å²) in [5.74, 6) is 0.862. The molecule has 0 fully saturated rings. The third-order valence-corrected chi connectivity index (χ3v) is 3.10. The molecule has 1 aromatic heterocycles. The van der Waals surface area contributed by atoms with Crippen molar-refractivity contribution in [3.8, 4) is 0 Å². The predicted molar refractivity (Wildman–Crippen MR) is 75.6 cm³/mol. The van der Waals surface area contributed by atoms with Crippen LogP contribution < -0.4 is 11.1 Å². The third-order valence-electron chi connectivity index (χ3n) is 3.10. The monoisotopic (exact) mass is 244 g/mol. The molecule has 0 amide bonds. The molecule has 2 rings (SSSR count). The van der Waals surface area contributed by atoms with Gasteiger partial charge in [-0.3, -0.25) is 0 Å². The predicted octanol–water partition coefficient (Wildman–Crippen LogP) is 2.48. The third kappa shape index (κ3) is 2.76. The number of benzene rings is 1. The smallest absolute Gasteiger partial charge is 0.156 e. The van der Waals surface area contributed by atoms with Crippen LogP contribution in [0.4, 0.5) is 5.82 Å². The highest BCUT2D eigenvalue weighted by Crippen LogP contribution is 2.23. The molecule has 0 aliphatic rings. The number of fused-ring (bicyclic) bond motifs is 1. The van der Waals surface area contributed by atoms with Crippen LogP contribution in [0.25, 0.3) is 10.8 Å². The summed E-state index contributed by atoms with van der Waals surface area (Å²) in [6.07, 6.45) is 2.06. The van der Waals surface area contributed by atoms with Crippen molar-refractivity contribution in [3.63, 3.8) is 0 Å². The maximum Gasteiger partial charge on any atom is 0.156 e. The van der Waals surface area contributed by atoms with Gasteiger partial charge in [0, 0.05) is 16.8 Å². The van der Waals surface area contributed by atoms with Gasteiger partial charge in [-0.25, -0.2) is 0 Å². The fraction of sp³-hybridized carbons (Fsp3) is 0.429. The van der Waals surface area contributed by atoms with Gasteiger partial charge in [-0.05, 0) is 33.2 Å². The Morgan fingerprint density at radius 2 is 1.94 bits per heavy atom. The fourth-order valence-corrected chi connectivity index (χ4v) is 2.07. The second-order valence-electron chi connectivity index (χ2n) is 4.66.